The van der Waals surface area contributed by atoms with Crippen LogP contribution >= 0.6 is 0 Å². The fraction of sp³-hybridized carbons (Fsp3) is 0.450. The average Bonchev–Trinajstić information content (AvgIpc) is 2.64. The predicted octanol–water partition coefficient (Wildman–Crippen LogP) is 3.38. The van der Waals surface area contributed by atoms with Gasteiger partial charge in [0.2, 0.25) is 0 Å². The smallest absolute Gasteiger partial charge is 0.338 e. The summed E-state index contributed by atoms with van der Waals surface area (Å²) >= 11 is 0. The van der Waals surface area contributed by atoms with E-state index < -0.39 is 11.9 Å². The molecule has 0 saturated heterocycles. The monoisotopic (exact) mass is 355 g/mol. The maximum atomic E-state index is 12.3. The van der Waals surface area contributed by atoms with Crippen LogP contribution in [0.4, 0.5) is 5.69 Å². The van der Waals surface area contributed by atoms with Gasteiger partial charge >= 0.3 is 5.97 Å². The summed E-state index contributed by atoms with van der Waals surface area (Å²) in [5, 5.41) is 15.2. The van der Waals surface area contributed by atoms with Crippen LogP contribution in [0.5, 0.6) is 0 Å². The Kier molecular flexibility index (Phi) is 7.22. The van der Waals surface area contributed by atoms with Gasteiger partial charge in [-0.15, -0.1) is 0 Å². The number of nitrogens with zero attached hydrogens (tertiary/aromatic N) is 1. The van der Waals surface area contributed by atoms with Gasteiger partial charge in [-0.25, -0.2) is 4.79 Å². The zero-order chi connectivity index (χ0) is 18.9. The van der Waals surface area contributed by atoms with Crippen LogP contribution in [0.25, 0.3) is 0 Å². The molecule has 1 aromatic carbocycles. The largest absolute Gasteiger partial charge is 0.462 e. The van der Waals surface area contributed by atoms with Crippen molar-refractivity contribution in [3.8, 4) is 6.07 Å². The Morgan fingerprint density at radius 2 is 1.96 bits per heavy atom. The van der Waals surface area contributed by atoms with Crippen LogP contribution in [-0.2, 0) is 9.53 Å². The van der Waals surface area contributed by atoms with Crippen molar-refractivity contribution >= 4 is 17.6 Å². The Morgan fingerprint density at radius 3 is 2.58 bits per heavy atom. The standard InChI is InChI=1S/C20H25N3O3/c1-3-26-20(25)15-8-10-17(11-9-15)23-19(24)16(12-21)13-22-18-7-5-4-6-14(18)2/h8-11,13-14,18,22H,3-7H2,1-2H3,(H,23,24)/b16-13-. The lowest BCUT2D eigenvalue weighted by Gasteiger charge is -2.29. The van der Waals surface area contributed by atoms with E-state index in [4.69, 9.17) is 4.74 Å². The second kappa shape index (κ2) is 9.62. The second-order valence-corrected chi connectivity index (χ2v) is 6.46. The molecule has 6 nitrogen and oxygen atoms in total. The van der Waals surface area contributed by atoms with Crippen molar-refractivity contribution in [2.45, 2.75) is 45.6 Å². The van der Waals surface area contributed by atoms with E-state index in [0.717, 1.165) is 19.3 Å². The van der Waals surface area contributed by atoms with E-state index >= 15 is 0 Å². The molecule has 6 heteroatoms. The lowest BCUT2D eigenvalue weighted by atomic mass is 9.86. The van der Waals surface area contributed by atoms with Crippen LogP contribution in [0.2, 0.25) is 0 Å². The van der Waals surface area contributed by atoms with Gasteiger partial charge in [0.05, 0.1) is 12.2 Å². The fourth-order valence-corrected chi connectivity index (χ4v) is 3.01. The number of benzene rings is 1. The van der Waals surface area contributed by atoms with Gasteiger partial charge in [-0.2, -0.15) is 5.26 Å². The highest BCUT2D eigenvalue weighted by molar-refractivity contribution is 6.06. The number of carbonyl (C=O) groups is 2. The van der Waals surface area contributed by atoms with Gasteiger partial charge < -0.3 is 15.4 Å². The lowest BCUT2D eigenvalue weighted by molar-refractivity contribution is -0.112. The van der Waals surface area contributed by atoms with Gasteiger partial charge in [0.25, 0.3) is 5.91 Å². The van der Waals surface area contributed by atoms with Crippen molar-refractivity contribution < 1.29 is 14.3 Å². The van der Waals surface area contributed by atoms with E-state index in [1.165, 1.54) is 12.6 Å². The van der Waals surface area contributed by atoms with Crippen molar-refractivity contribution in [3.05, 3.63) is 41.6 Å². The van der Waals surface area contributed by atoms with Gasteiger partial charge in [-0.3, -0.25) is 4.79 Å². The van der Waals surface area contributed by atoms with Crippen molar-refractivity contribution in [3.63, 3.8) is 0 Å². The topological polar surface area (TPSA) is 91.2 Å². The van der Waals surface area contributed by atoms with Crippen LogP contribution in [0.3, 0.4) is 0 Å². The minimum atomic E-state index is -0.479. The Morgan fingerprint density at radius 1 is 1.27 bits per heavy atom. The summed E-state index contributed by atoms with van der Waals surface area (Å²) < 4.78 is 4.92. The van der Waals surface area contributed by atoms with Gasteiger partial charge in [0.1, 0.15) is 11.6 Å². The number of carbonyl (C=O) groups excluding carboxylic acids is 2. The summed E-state index contributed by atoms with van der Waals surface area (Å²) in [7, 11) is 0. The number of rotatable bonds is 6. The molecule has 1 aliphatic carbocycles. The molecule has 26 heavy (non-hydrogen) atoms. The van der Waals surface area contributed by atoms with Gasteiger partial charge in [-0.1, -0.05) is 19.8 Å². The first-order valence-corrected chi connectivity index (χ1v) is 9.00. The maximum Gasteiger partial charge on any atom is 0.338 e. The van der Waals surface area contributed by atoms with Crippen molar-refractivity contribution in [2.24, 2.45) is 5.92 Å². The molecule has 0 radical (unpaired) electrons. The van der Waals surface area contributed by atoms with E-state index in [0.29, 0.717) is 29.8 Å². The number of anilines is 1. The molecule has 1 aliphatic rings. The zero-order valence-electron chi connectivity index (χ0n) is 15.2. The summed E-state index contributed by atoms with van der Waals surface area (Å²) in [6.07, 6.45) is 6.11. The molecular weight excluding hydrogens is 330 g/mol. The molecule has 1 saturated carbocycles. The summed E-state index contributed by atoms with van der Waals surface area (Å²) in [6.45, 7) is 4.23. The zero-order valence-corrected chi connectivity index (χ0v) is 15.2. The minimum Gasteiger partial charge on any atom is -0.462 e. The molecule has 0 aliphatic heterocycles. The third-order valence-corrected chi connectivity index (χ3v) is 4.57. The molecule has 0 heterocycles. The number of hydrogen-bond acceptors (Lipinski definition) is 5. The molecule has 2 N–H and O–H groups in total. The Balaban J connectivity index is 1.97. The third kappa shape index (κ3) is 5.35. The van der Waals surface area contributed by atoms with Gasteiger partial charge in [-0.05, 0) is 49.9 Å². The molecule has 138 valence electrons. The fourth-order valence-electron chi connectivity index (χ4n) is 3.01. The number of amides is 1. The van der Waals surface area contributed by atoms with E-state index in [-0.39, 0.29) is 5.57 Å². The molecule has 1 fully saturated rings. The third-order valence-electron chi connectivity index (χ3n) is 4.57. The summed E-state index contributed by atoms with van der Waals surface area (Å²) in [6, 6.07) is 8.59. The van der Waals surface area contributed by atoms with E-state index in [9.17, 15) is 14.9 Å². The molecule has 1 amide bonds. The highest BCUT2D eigenvalue weighted by Crippen LogP contribution is 2.23. The Labute approximate surface area is 154 Å². The molecule has 1 aromatic rings. The molecule has 2 rings (SSSR count). The number of hydrogen-bond donors (Lipinski definition) is 2. The van der Waals surface area contributed by atoms with Crippen LogP contribution in [-0.4, -0.2) is 24.5 Å². The highest BCUT2D eigenvalue weighted by atomic mass is 16.5. The number of ether oxygens (including phenoxy) is 1. The molecule has 0 spiro atoms. The quantitative estimate of drug-likeness (QED) is 0.464. The van der Waals surface area contributed by atoms with Crippen LogP contribution < -0.4 is 10.6 Å². The first-order valence-electron chi connectivity index (χ1n) is 9.00. The summed E-state index contributed by atoms with van der Waals surface area (Å²) in [4.78, 5) is 23.9. The van der Waals surface area contributed by atoms with Crippen molar-refractivity contribution in [2.75, 3.05) is 11.9 Å². The second-order valence-electron chi connectivity index (χ2n) is 6.46. The number of nitriles is 1. The van der Waals surface area contributed by atoms with Gasteiger partial charge in [0, 0.05) is 17.9 Å². The van der Waals surface area contributed by atoms with Gasteiger partial charge in [0.15, 0.2) is 0 Å². The van der Waals surface area contributed by atoms with E-state index in [1.54, 1.807) is 31.2 Å². The Bertz CT molecular complexity index is 704. The lowest BCUT2D eigenvalue weighted by Crippen LogP contribution is -2.34. The SMILES string of the molecule is CCOC(=O)c1ccc(NC(=O)/C(C#N)=C\NC2CCCCC2C)cc1. The Hall–Kier alpha value is -2.81. The minimum absolute atomic E-state index is 0.0252. The highest BCUT2D eigenvalue weighted by Gasteiger charge is 2.20. The molecule has 2 atom stereocenters. The summed E-state index contributed by atoms with van der Waals surface area (Å²) in [5.74, 6) is -0.362. The number of esters is 1. The molecule has 0 bridgehead atoms. The van der Waals surface area contributed by atoms with Crippen LogP contribution in [0.1, 0.15) is 49.9 Å². The molecule has 2 unspecified atom stereocenters. The average molecular weight is 355 g/mol. The normalized spacial score (nSPS) is 20.0. The molecular formula is C20H25N3O3. The van der Waals surface area contributed by atoms with Crippen molar-refractivity contribution in [1.82, 2.24) is 5.32 Å². The molecule has 0 aromatic heterocycles. The predicted molar refractivity (Wildman–Crippen MR) is 99.3 cm³/mol. The van der Waals surface area contributed by atoms with Crippen LogP contribution in [0.15, 0.2) is 36.0 Å². The van der Waals surface area contributed by atoms with Crippen LogP contribution in [0, 0.1) is 17.2 Å². The van der Waals surface area contributed by atoms with E-state index in [2.05, 4.69) is 17.6 Å². The van der Waals surface area contributed by atoms with Crippen molar-refractivity contribution in [1.29, 1.82) is 5.26 Å². The number of nitrogens with one attached hydrogen (secondary N) is 2. The summed E-state index contributed by atoms with van der Waals surface area (Å²) in [5.41, 5.74) is 0.946. The first-order chi connectivity index (χ1) is 12.5. The first kappa shape index (κ1) is 19.5. The maximum absolute atomic E-state index is 12.3. The van der Waals surface area contributed by atoms with E-state index in [1.807, 2.05) is 6.07 Å².